The second-order valence-electron chi connectivity index (χ2n) is 2.65. The SMILES string of the molecule is C[CH][Ge]([CH3])([CH3])[CH3]. The molecule has 0 aromatic rings. The zero-order chi connectivity index (χ0) is 5.21. The van der Waals surface area contributed by atoms with E-state index in [1.165, 1.54) is 0 Å². The van der Waals surface area contributed by atoms with Crippen molar-refractivity contribution in [1.29, 1.82) is 0 Å². The van der Waals surface area contributed by atoms with Gasteiger partial charge in [0.05, 0.1) is 0 Å². The summed E-state index contributed by atoms with van der Waals surface area (Å²) in [6.07, 6.45) is 0. The minimum absolute atomic E-state index is 1.17. The Hall–Kier alpha value is 0.543. The summed E-state index contributed by atoms with van der Waals surface area (Å²) in [7, 11) is 0. The molecule has 0 N–H and O–H groups in total. The van der Waals surface area contributed by atoms with Crippen molar-refractivity contribution >= 4 is 13.3 Å². The zero-order valence-electron chi connectivity index (χ0n) is 5.08. The average molecular weight is 146 g/mol. The van der Waals surface area contributed by atoms with E-state index in [2.05, 4.69) is 29.4 Å². The zero-order valence-corrected chi connectivity index (χ0v) is 7.18. The Kier molecular flexibility index (Phi) is 2.19. The maximum absolute atomic E-state index is 2.38. The van der Waals surface area contributed by atoms with Crippen molar-refractivity contribution in [3.8, 4) is 0 Å². The fraction of sp³-hybridized carbons (Fsp3) is 0.800. The average Bonchev–Trinajstić information content (AvgIpc) is 1.35. The van der Waals surface area contributed by atoms with Crippen LogP contribution in [0.15, 0.2) is 0 Å². The van der Waals surface area contributed by atoms with Crippen molar-refractivity contribution in [3.05, 3.63) is 5.25 Å². The number of hydrogen-bond acceptors (Lipinski definition) is 0. The van der Waals surface area contributed by atoms with Crippen molar-refractivity contribution in [2.75, 3.05) is 0 Å². The van der Waals surface area contributed by atoms with Gasteiger partial charge in [-0.2, -0.15) is 0 Å². The van der Waals surface area contributed by atoms with Gasteiger partial charge in [0, 0.05) is 0 Å². The first-order valence-corrected chi connectivity index (χ1v) is 9.87. The summed E-state index contributed by atoms with van der Waals surface area (Å²) in [6.45, 7) is 2.17. The molecule has 0 aliphatic heterocycles. The van der Waals surface area contributed by atoms with Crippen molar-refractivity contribution in [1.82, 2.24) is 0 Å². The normalized spacial score (nSPS) is 12.0. The Labute approximate surface area is 43.3 Å². The summed E-state index contributed by atoms with van der Waals surface area (Å²) in [5.41, 5.74) is 0. The van der Waals surface area contributed by atoms with Crippen LogP contribution in [0.25, 0.3) is 0 Å². The van der Waals surface area contributed by atoms with Crippen LogP contribution in [-0.4, -0.2) is 13.3 Å². The van der Waals surface area contributed by atoms with E-state index >= 15 is 0 Å². The van der Waals surface area contributed by atoms with Crippen LogP contribution in [0.3, 0.4) is 0 Å². The van der Waals surface area contributed by atoms with Gasteiger partial charge in [-0.25, -0.2) is 0 Å². The summed E-state index contributed by atoms with van der Waals surface area (Å²) in [4.78, 5) is 0. The molecule has 0 unspecified atom stereocenters. The van der Waals surface area contributed by atoms with Crippen LogP contribution in [0.5, 0.6) is 0 Å². The van der Waals surface area contributed by atoms with Crippen molar-refractivity contribution in [3.63, 3.8) is 0 Å². The van der Waals surface area contributed by atoms with Gasteiger partial charge in [0.1, 0.15) is 0 Å². The Bertz CT molecular complexity index is 33.7. The third-order valence-corrected chi connectivity index (χ3v) is 4.50. The summed E-state index contributed by atoms with van der Waals surface area (Å²) in [5, 5.41) is 2.38. The predicted molar refractivity (Wildman–Crippen MR) is 33.3 cm³/mol. The predicted octanol–water partition coefficient (Wildman–Crippen LogP) is 2.09. The van der Waals surface area contributed by atoms with Crippen LogP contribution in [0.1, 0.15) is 6.92 Å². The molecule has 0 bridgehead atoms. The fourth-order valence-electron chi connectivity index (χ4n) is 0. The van der Waals surface area contributed by atoms with Gasteiger partial charge in [0.2, 0.25) is 0 Å². The molecule has 0 fully saturated rings. The Morgan fingerprint density at radius 1 is 1.17 bits per heavy atom. The molecule has 0 atom stereocenters. The van der Waals surface area contributed by atoms with Crippen molar-refractivity contribution in [2.24, 2.45) is 0 Å². The molecular formula is C5H13Ge. The fourth-order valence-corrected chi connectivity index (χ4v) is 0. The number of hydrogen-bond donors (Lipinski definition) is 0. The molecule has 0 spiro atoms. The van der Waals surface area contributed by atoms with Crippen LogP contribution in [0.4, 0.5) is 0 Å². The number of rotatable bonds is 1. The first-order valence-electron chi connectivity index (χ1n) is 2.37. The third kappa shape index (κ3) is 4.54. The van der Waals surface area contributed by atoms with Gasteiger partial charge in [0.25, 0.3) is 0 Å². The first kappa shape index (κ1) is 6.54. The minimum atomic E-state index is -1.17. The second kappa shape index (κ2) is 2.01. The molecule has 0 aromatic carbocycles. The molecule has 1 heteroatoms. The van der Waals surface area contributed by atoms with Crippen LogP contribution < -0.4 is 0 Å². The van der Waals surface area contributed by atoms with Crippen molar-refractivity contribution < 1.29 is 0 Å². The Balaban J connectivity index is 3.17. The Morgan fingerprint density at radius 3 is 1.33 bits per heavy atom. The summed E-state index contributed by atoms with van der Waals surface area (Å²) in [6, 6.07) is 0. The first-order chi connectivity index (χ1) is 2.56. The van der Waals surface area contributed by atoms with Gasteiger partial charge >= 0.3 is 42.7 Å². The van der Waals surface area contributed by atoms with E-state index in [1.54, 1.807) is 0 Å². The van der Waals surface area contributed by atoms with Crippen molar-refractivity contribution in [2.45, 2.75) is 24.2 Å². The molecule has 37 valence electrons. The van der Waals surface area contributed by atoms with Gasteiger partial charge in [-0.05, 0) is 0 Å². The van der Waals surface area contributed by atoms with Crippen LogP contribution in [0.2, 0.25) is 17.3 Å². The van der Waals surface area contributed by atoms with E-state index in [0.717, 1.165) is 0 Å². The Morgan fingerprint density at radius 2 is 1.33 bits per heavy atom. The quantitative estimate of drug-likeness (QED) is 0.496. The van der Waals surface area contributed by atoms with Gasteiger partial charge in [-0.15, -0.1) is 0 Å². The molecule has 0 aliphatic rings. The molecular weight excluding hydrogens is 133 g/mol. The van der Waals surface area contributed by atoms with Gasteiger partial charge in [0.15, 0.2) is 0 Å². The van der Waals surface area contributed by atoms with E-state index in [1.807, 2.05) is 0 Å². The molecule has 0 nitrogen and oxygen atoms in total. The monoisotopic (exact) mass is 147 g/mol. The molecule has 0 saturated carbocycles. The van der Waals surface area contributed by atoms with Gasteiger partial charge in [-0.3, -0.25) is 0 Å². The molecule has 0 aliphatic carbocycles. The van der Waals surface area contributed by atoms with E-state index in [9.17, 15) is 0 Å². The van der Waals surface area contributed by atoms with Gasteiger partial charge < -0.3 is 0 Å². The van der Waals surface area contributed by atoms with E-state index < -0.39 is 13.3 Å². The van der Waals surface area contributed by atoms with Crippen LogP contribution in [0, 0.1) is 5.25 Å². The van der Waals surface area contributed by atoms with E-state index in [0.29, 0.717) is 0 Å². The molecule has 6 heavy (non-hydrogen) atoms. The molecule has 0 amide bonds. The third-order valence-electron chi connectivity index (χ3n) is 0.866. The van der Waals surface area contributed by atoms with E-state index in [4.69, 9.17) is 0 Å². The van der Waals surface area contributed by atoms with Crippen LogP contribution >= 0.6 is 0 Å². The standard InChI is InChI=1S/C5H13Ge/c1-5-6(2,3)4/h5H,1-4H3. The van der Waals surface area contributed by atoms with E-state index in [-0.39, 0.29) is 0 Å². The van der Waals surface area contributed by atoms with Crippen LogP contribution in [-0.2, 0) is 0 Å². The summed E-state index contributed by atoms with van der Waals surface area (Å²) in [5.74, 6) is 7.12. The summed E-state index contributed by atoms with van der Waals surface area (Å²) < 4.78 is 0. The van der Waals surface area contributed by atoms with Gasteiger partial charge in [-0.1, -0.05) is 0 Å². The molecule has 0 saturated heterocycles. The topological polar surface area (TPSA) is 0 Å². The molecule has 1 radical (unpaired) electrons. The second-order valence-corrected chi connectivity index (χ2v) is 13.8. The molecule has 0 rings (SSSR count). The molecule has 0 aromatic heterocycles. The summed E-state index contributed by atoms with van der Waals surface area (Å²) >= 11 is -1.17. The molecule has 0 heterocycles. The maximum atomic E-state index is 2.38.